The van der Waals surface area contributed by atoms with E-state index in [4.69, 9.17) is 4.74 Å². The first-order valence-electron chi connectivity index (χ1n) is 6.52. The third-order valence-corrected chi connectivity index (χ3v) is 5.68. The van der Waals surface area contributed by atoms with E-state index in [-0.39, 0.29) is 5.91 Å². The fourth-order valence-corrected chi connectivity index (χ4v) is 4.11. The number of thiazole rings is 1. The predicted octanol–water partition coefficient (Wildman–Crippen LogP) is 3.67. The highest BCUT2D eigenvalue weighted by atomic mass is 79.9. The van der Waals surface area contributed by atoms with Gasteiger partial charge in [0.1, 0.15) is 5.01 Å². The van der Waals surface area contributed by atoms with Crippen LogP contribution >= 0.6 is 38.6 Å². The second-order valence-electron chi connectivity index (χ2n) is 4.61. The maximum Gasteiger partial charge on any atom is 0.228 e. The number of carbonyl (C=O) groups is 1. The summed E-state index contributed by atoms with van der Waals surface area (Å²) in [7, 11) is 3.49. The first-order valence-corrected chi connectivity index (χ1v) is 9.07. The molecule has 0 radical (unpaired) electrons. The summed E-state index contributed by atoms with van der Waals surface area (Å²) < 4.78 is 6.06. The highest BCUT2D eigenvalue weighted by Gasteiger charge is 2.13. The minimum Gasteiger partial charge on any atom is -0.385 e. The molecule has 21 heavy (non-hydrogen) atoms. The molecule has 0 fully saturated rings. The number of rotatable bonds is 7. The van der Waals surface area contributed by atoms with Crippen molar-refractivity contribution in [2.75, 3.05) is 27.3 Å². The van der Waals surface area contributed by atoms with Gasteiger partial charge in [0.15, 0.2) is 0 Å². The summed E-state index contributed by atoms with van der Waals surface area (Å²) in [4.78, 5) is 19.5. The number of hydrogen-bond acceptors (Lipinski definition) is 5. The zero-order valence-electron chi connectivity index (χ0n) is 12.0. The molecular weight excluding hydrogens is 372 g/mol. The molecule has 7 heteroatoms. The number of methoxy groups -OCH3 is 1. The molecule has 2 heterocycles. The molecule has 0 spiro atoms. The summed E-state index contributed by atoms with van der Waals surface area (Å²) >= 11 is 6.67. The van der Waals surface area contributed by atoms with Crippen LogP contribution < -0.4 is 0 Å². The van der Waals surface area contributed by atoms with E-state index in [2.05, 4.69) is 20.9 Å². The second-order valence-corrected chi connectivity index (χ2v) is 7.30. The summed E-state index contributed by atoms with van der Waals surface area (Å²) in [6.07, 6.45) is 1.21. The highest BCUT2D eigenvalue weighted by molar-refractivity contribution is 9.10. The summed E-state index contributed by atoms with van der Waals surface area (Å²) in [5.74, 6) is 0.0929. The standard InChI is InChI=1S/C14H17BrN2O2S2/c1-17(4-3-5-19-2)13(18)7-11-9-21-14(16-11)12-6-10(15)8-20-12/h6,8-9H,3-5,7H2,1-2H3. The van der Waals surface area contributed by atoms with E-state index in [9.17, 15) is 4.79 Å². The summed E-state index contributed by atoms with van der Waals surface area (Å²) in [6.45, 7) is 1.38. The van der Waals surface area contributed by atoms with Gasteiger partial charge in [0.05, 0.1) is 17.0 Å². The Bertz CT molecular complexity index is 597. The van der Waals surface area contributed by atoms with Gasteiger partial charge in [0.25, 0.3) is 0 Å². The van der Waals surface area contributed by atoms with Crippen LogP contribution in [0.25, 0.3) is 9.88 Å². The van der Waals surface area contributed by atoms with Crippen molar-refractivity contribution < 1.29 is 9.53 Å². The highest BCUT2D eigenvalue weighted by Crippen LogP contribution is 2.32. The van der Waals surface area contributed by atoms with Gasteiger partial charge < -0.3 is 9.64 Å². The number of thiophene rings is 1. The van der Waals surface area contributed by atoms with Crippen molar-refractivity contribution >= 4 is 44.5 Å². The number of nitrogens with zero attached hydrogens (tertiary/aromatic N) is 2. The average Bonchev–Trinajstić information content (AvgIpc) is 3.07. The predicted molar refractivity (Wildman–Crippen MR) is 91.0 cm³/mol. The molecular formula is C14H17BrN2O2S2. The van der Waals surface area contributed by atoms with Crippen LogP contribution in [0.5, 0.6) is 0 Å². The third-order valence-electron chi connectivity index (χ3n) is 2.93. The molecule has 2 aromatic heterocycles. The lowest BCUT2D eigenvalue weighted by molar-refractivity contribution is -0.129. The van der Waals surface area contributed by atoms with Gasteiger partial charge in [0.2, 0.25) is 5.91 Å². The molecule has 0 aliphatic heterocycles. The zero-order chi connectivity index (χ0) is 15.2. The maximum atomic E-state index is 12.1. The quantitative estimate of drug-likeness (QED) is 0.679. The van der Waals surface area contributed by atoms with Crippen LogP contribution in [0.3, 0.4) is 0 Å². The van der Waals surface area contributed by atoms with Crippen LogP contribution in [0, 0.1) is 0 Å². The van der Waals surface area contributed by atoms with Crippen molar-refractivity contribution in [3.05, 3.63) is 27.0 Å². The van der Waals surface area contributed by atoms with Crippen molar-refractivity contribution in [1.82, 2.24) is 9.88 Å². The smallest absolute Gasteiger partial charge is 0.228 e. The van der Waals surface area contributed by atoms with E-state index in [0.717, 1.165) is 26.5 Å². The first-order chi connectivity index (χ1) is 10.1. The maximum absolute atomic E-state index is 12.1. The van der Waals surface area contributed by atoms with Crippen LogP contribution in [0.2, 0.25) is 0 Å². The van der Waals surface area contributed by atoms with Crippen molar-refractivity contribution in [2.24, 2.45) is 0 Å². The van der Waals surface area contributed by atoms with Crippen LogP contribution in [0.1, 0.15) is 12.1 Å². The zero-order valence-corrected chi connectivity index (χ0v) is 15.2. The number of likely N-dealkylation sites (N-methyl/N-ethyl adjacent to an activating group) is 1. The lowest BCUT2D eigenvalue weighted by Gasteiger charge is -2.16. The summed E-state index contributed by atoms with van der Waals surface area (Å²) in [6, 6.07) is 2.05. The number of amides is 1. The molecule has 0 unspecified atom stereocenters. The van der Waals surface area contributed by atoms with E-state index in [1.165, 1.54) is 0 Å². The first kappa shape index (κ1) is 16.6. The largest absolute Gasteiger partial charge is 0.385 e. The normalized spacial score (nSPS) is 10.8. The molecule has 1 amide bonds. The van der Waals surface area contributed by atoms with Crippen molar-refractivity contribution in [3.8, 4) is 9.88 Å². The van der Waals surface area contributed by atoms with Crippen molar-refractivity contribution in [3.63, 3.8) is 0 Å². The van der Waals surface area contributed by atoms with Crippen LogP contribution in [0.15, 0.2) is 21.3 Å². The Hall–Kier alpha value is -0.760. The topological polar surface area (TPSA) is 42.4 Å². The van der Waals surface area contributed by atoms with Gasteiger partial charge in [-0.15, -0.1) is 22.7 Å². The molecule has 2 aromatic rings. The SMILES string of the molecule is COCCCN(C)C(=O)Cc1csc(-c2cc(Br)cs2)n1. The molecule has 0 saturated heterocycles. The lowest BCUT2D eigenvalue weighted by atomic mass is 10.3. The Balaban J connectivity index is 1.91. The number of ether oxygens (including phenoxy) is 1. The Kier molecular flexibility index (Phi) is 6.35. The van der Waals surface area contributed by atoms with Crippen molar-refractivity contribution in [1.29, 1.82) is 0 Å². The van der Waals surface area contributed by atoms with Gasteiger partial charge in [-0.2, -0.15) is 0 Å². The molecule has 2 rings (SSSR count). The number of halogens is 1. The molecule has 0 atom stereocenters. The lowest BCUT2D eigenvalue weighted by Crippen LogP contribution is -2.29. The molecule has 0 aliphatic rings. The molecule has 4 nitrogen and oxygen atoms in total. The van der Waals surface area contributed by atoms with Crippen LogP contribution in [-0.4, -0.2) is 43.1 Å². The molecule has 0 N–H and O–H groups in total. The molecule has 114 valence electrons. The minimum absolute atomic E-state index is 0.0929. The van der Waals surface area contributed by atoms with Gasteiger partial charge in [-0.1, -0.05) is 0 Å². The van der Waals surface area contributed by atoms with E-state index in [1.807, 2.05) is 23.9 Å². The molecule has 0 saturated carbocycles. The van der Waals surface area contributed by atoms with Crippen molar-refractivity contribution in [2.45, 2.75) is 12.8 Å². The van der Waals surface area contributed by atoms with Gasteiger partial charge in [-0.3, -0.25) is 4.79 Å². The molecule has 0 bridgehead atoms. The third kappa shape index (κ3) is 4.88. The average molecular weight is 389 g/mol. The van der Waals surface area contributed by atoms with Gasteiger partial charge >= 0.3 is 0 Å². The fraction of sp³-hybridized carbons (Fsp3) is 0.429. The van der Waals surface area contributed by atoms with Gasteiger partial charge in [-0.05, 0) is 28.4 Å². The summed E-state index contributed by atoms with van der Waals surface area (Å²) in [5, 5.41) is 4.96. The van der Waals surface area contributed by atoms with E-state index >= 15 is 0 Å². The van der Waals surface area contributed by atoms with Gasteiger partial charge in [0, 0.05) is 42.5 Å². The van der Waals surface area contributed by atoms with E-state index < -0.39 is 0 Å². The Labute approximate surface area is 140 Å². The minimum atomic E-state index is 0.0929. The Morgan fingerprint density at radius 3 is 2.90 bits per heavy atom. The van der Waals surface area contributed by atoms with Crippen LogP contribution in [0.4, 0.5) is 0 Å². The monoisotopic (exact) mass is 388 g/mol. The molecule has 0 aliphatic carbocycles. The second kappa shape index (κ2) is 8.03. The summed E-state index contributed by atoms with van der Waals surface area (Å²) in [5.41, 5.74) is 0.836. The fourth-order valence-electron chi connectivity index (χ4n) is 1.79. The Morgan fingerprint density at radius 1 is 1.43 bits per heavy atom. The van der Waals surface area contributed by atoms with E-state index in [0.29, 0.717) is 19.6 Å². The Morgan fingerprint density at radius 2 is 2.24 bits per heavy atom. The number of carbonyl (C=O) groups excluding carboxylic acids is 1. The van der Waals surface area contributed by atoms with Gasteiger partial charge in [-0.25, -0.2) is 4.98 Å². The van der Waals surface area contributed by atoms with E-state index in [1.54, 1.807) is 34.7 Å². The van der Waals surface area contributed by atoms with Crippen LogP contribution in [-0.2, 0) is 16.0 Å². The number of aromatic nitrogens is 1. The number of hydrogen-bond donors (Lipinski definition) is 0. The molecule has 0 aromatic carbocycles.